The molecule has 1 saturated heterocycles. The number of hydrogen-bond acceptors (Lipinski definition) is 4. The van der Waals surface area contributed by atoms with Crippen LogP contribution in [0.4, 0.5) is 4.79 Å². The molecule has 6 heteroatoms. The van der Waals surface area contributed by atoms with E-state index in [9.17, 15) is 4.79 Å². The van der Waals surface area contributed by atoms with Crippen LogP contribution in [-0.2, 0) is 11.3 Å². The molecule has 24 heavy (non-hydrogen) atoms. The number of carbonyl (C=O) groups excluding carboxylic acids is 1. The number of nitrogens with one attached hydrogen (secondary N) is 1. The summed E-state index contributed by atoms with van der Waals surface area (Å²) in [6.45, 7) is 3.62. The number of piperidine rings is 1. The average molecular weight is 335 g/mol. The first-order chi connectivity index (χ1) is 11.6. The number of hydrogen-bond donors (Lipinski definition) is 1. The molecule has 1 fully saturated rings. The molecule has 134 valence electrons. The summed E-state index contributed by atoms with van der Waals surface area (Å²) in [5.41, 5.74) is 1.04. The van der Waals surface area contributed by atoms with Gasteiger partial charge in [-0.15, -0.1) is 0 Å². The maximum Gasteiger partial charge on any atom is 0.318 e. The number of urea groups is 1. The molecule has 2 rings (SSSR count). The molecule has 0 spiro atoms. The number of rotatable bonds is 7. The van der Waals surface area contributed by atoms with E-state index in [0.29, 0.717) is 19.7 Å². The molecule has 1 aliphatic heterocycles. The lowest BCUT2D eigenvalue weighted by atomic mass is 10.1. The normalized spacial score (nSPS) is 18.2. The Hall–Kier alpha value is -1.79. The predicted molar refractivity (Wildman–Crippen MR) is 94.3 cm³/mol. The number of methoxy groups -OCH3 is 2. The first-order valence-electron chi connectivity index (χ1n) is 8.48. The van der Waals surface area contributed by atoms with Crippen molar-refractivity contribution in [3.05, 3.63) is 29.8 Å². The molecule has 1 heterocycles. The van der Waals surface area contributed by atoms with Crippen LogP contribution >= 0.6 is 0 Å². The van der Waals surface area contributed by atoms with E-state index in [1.165, 1.54) is 0 Å². The van der Waals surface area contributed by atoms with Crippen molar-refractivity contribution in [2.45, 2.75) is 25.4 Å². The highest BCUT2D eigenvalue weighted by atomic mass is 16.5. The van der Waals surface area contributed by atoms with Gasteiger partial charge in [0.15, 0.2) is 0 Å². The van der Waals surface area contributed by atoms with Crippen LogP contribution in [0.25, 0.3) is 0 Å². The second kappa shape index (κ2) is 9.49. The van der Waals surface area contributed by atoms with Gasteiger partial charge in [-0.25, -0.2) is 4.79 Å². The number of likely N-dealkylation sites (tertiary alicyclic amines) is 1. The van der Waals surface area contributed by atoms with E-state index < -0.39 is 0 Å². The predicted octanol–water partition coefficient (Wildman–Crippen LogP) is 1.95. The minimum absolute atomic E-state index is 0.0323. The van der Waals surface area contributed by atoms with E-state index in [4.69, 9.17) is 9.47 Å². The largest absolute Gasteiger partial charge is 0.497 e. The molecule has 1 N–H and O–H groups in total. The minimum atomic E-state index is -0.0323. The lowest BCUT2D eigenvalue weighted by Crippen LogP contribution is -2.51. The lowest BCUT2D eigenvalue weighted by Gasteiger charge is -2.32. The van der Waals surface area contributed by atoms with Crippen molar-refractivity contribution in [2.75, 3.05) is 47.5 Å². The van der Waals surface area contributed by atoms with Crippen LogP contribution in [0, 0.1) is 0 Å². The SMILES string of the molecule is COCCN(Cc1cccc(OC)c1)C(=O)N[C@H]1CCCN(C)C1. The lowest BCUT2D eigenvalue weighted by molar-refractivity contribution is 0.140. The van der Waals surface area contributed by atoms with E-state index in [2.05, 4.69) is 17.3 Å². The van der Waals surface area contributed by atoms with E-state index in [1.807, 2.05) is 24.3 Å². The van der Waals surface area contributed by atoms with Crippen molar-refractivity contribution < 1.29 is 14.3 Å². The van der Waals surface area contributed by atoms with Gasteiger partial charge in [0.2, 0.25) is 0 Å². The van der Waals surface area contributed by atoms with Crippen molar-refractivity contribution in [1.29, 1.82) is 0 Å². The quantitative estimate of drug-likeness (QED) is 0.827. The van der Waals surface area contributed by atoms with Crippen molar-refractivity contribution >= 4 is 6.03 Å². The maximum atomic E-state index is 12.7. The molecule has 1 atom stereocenters. The maximum absolute atomic E-state index is 12.7. The van der Waals surface area contributed by atoms with Crippen LogP contribution < -0.4 is 10.1 Å². The Morgan fingerprint density at radius 3 is 2.96 bits per heavy atom. The molecule has 0 unspecified atom stereocenters. The Bertz CT molecular complexity index is 524. The molecule has 1 aromatic carbocycles. The second-order valence-electron chi connectivity index (χ2n) is 6.32. The third-order valence-corrected chi connectivity index (χ3v) is 4.31. The van der Waals surface area contributed by atoms with Gasteiger partial charge in [-0.2, -0.15) is 0 Å². The number of ether oxygens (including phenoxy) is 2. The molecule has 0 radical (unpaired) electrons. The summed E-state index contributed by atoms with van der Waals surface area (Å²) in [7, 11) is 5.39. The first kappa shape index (κ1) is 18.5. The zero-order valence-electron chi connectivity index (χ0n) is 15.0. The molecule has 0 aromatic heterocycles. The highest BCUT2D eigenvalue weighted by molar-refractivity contribution is 5.74. The van der Waals surface area contributed by atoms with E-state index in [0.717, 1.165) is 37.2 Å². The fourth-order valence-electron chi connectivity index (χ4n) is 3.00. The van der Waals surface area contributed by atoms with Gasteiger partial charge in [0.25, 0.3) is 0 Å². The Morgan fingerprint density at radius 1 is 1.42 bits per heavy atom. The summed E-state index contributed by atoms with van der Waals surface area (Å²) >= 11 is 0. The highest BCUT2D eigenvalue weighted by Crippen LogP contribution is 2.15. The van der Waals surface area contributed by atoms with Gasteiger partial charge in [0.1, 0.15) is 5.75 Å². The van der Waals surface area contributed by atoms with Crippen molar-refractivity contribution in [3.8, 4) is 5.75 Å². The molecule has 1 aliphatic rings. The first-order valence-corrected chi connectivity index (χ1v) is 8.48. The van der Waals surface area contributed by atoms with E-state index in [-0.39, 0.29) is 12.1 Å². The van der Waals surface area contributed by atoms with Crippen LogP contribution in [0.1, 0.15) is 18.4 Å². The van der Waals surface area contributed by atoms with Gasteiger partial charge in [-0.3, -0.25) is 0 Å². The smallest absolute Gasteiger partial charge is 0.318 e. The minimum Gasteiger partial charge on any atom is -0.497 e. The Morgan fingerprint density at radius 2 is 2.25 bits per heavy atom. The summed E-state index contributed by atoms with van der Waals surface area (Å²) in [5.74, 6) is 0.800. The van der Waals surface area contributed by atoms with Gasteiger partial charge in [0.05, 0.1) is 13.7 Å². The van der Waals surface area contributed by atoms with Crippen LogP contribution in [0.15, 0.2) is 24.3 Å². The molecule has 0 saturated carbocycles. The third kappa shape index (κ3) is 5.69. The summed E-state index contributed by atoms with van der Waals surface area (Å²) in [5, 5.41) is 3.17. The number of likely N-dealkylation sites (N-methyl/N-ethyl adjacent to an activating group) is 1. The Kier molecular flexibility index (Phi) is 7.34. The second-order valence-corrected chi connectivity index (χ2v) is 6.32. The summed E-state index contributed by atoms with van der Waals surface area (Å²) in [6, 6.07) is 7.99. The van der Waals surface area contributed by atoms with Gasteiger partial charge in [0, 0.05) is 32.8 Å². The van der Waals surface area contributed by atoms with Crippen LogP contribution in [-0.4, -0.2) is 69.4 Å². The molecule has 1 aromatic rings. The number of nitrogens with zero attached hydrogens (tertiary/aromatic N) is 2. The van der Waals surface area contributed by atoms with E-state index >= 15 is 0 Å². The summed E-state index contributed by atoms with van der Waals surface area (Å²) < 4.78 is 10.4. The van der Waals surface area contributed by atoms with Gasteiger partial charge < -0.3 is 24.6 Å². The topological polar surface area (TPSA) is 54.0 Å². The standard InChI is InChI=1S/C18H29N3O3/c1-20-9-5-7-16(14-20)19-18(22)21(10-11-23-2)13-15-6-4-8-17(12-15)24-3/h4,6,8,12,16H,5,7,9-11,13-14H2,1-3H3,(H,19,22)/t16-/m0/s1. The monoisotopic (exact) mass is 335 g/mol. The summed E-state index contributed by atoms with van der Waals surface area (Å²) in [6.07, 6.45) is 2.16. The highest BCUT2D eigenvalue weighted by Gasteiger charge is 2.22. The fourth-order valence-corrected chi connectivity index (χ4v) is 3.00. The van der Waals surface area contributed by atoms with Crippen molar-refractivity contribution in [1.82, 2.24) is 15.1 Å². The average Bonchev–Trinajstić information content (AvgIpc) is 2.58. The number of amides is 2. The van der Waals surface area contributed by atoms with Gasteiger partial charge in [-0.05, 0) is 44.1 Å². The molecular weight excluding hydrogens is 306 g/mol. The Balaban J connectivity index is 1.98. The fraction of sp³-hybridized carbons (Fsp3) is 0.611. The zero-order valence-corrected chi connectivity index (χ0v) is 15.0. The molecule has 0 aliphatic carbocycles. The zero-order chi connectivity index (χ0) is 17.4. The molecule has 2 amide bonds. The third-order valence-electron chi connectivity index (χ3n) is 4.31. The summed E-state index contributed by atoms with van der Waals surface area (Å²) in [4.78, 5) is 16.8. The van der Waals surface area contributed by atoms with Crippen molar-refractivity contribution in [3.63, 3.8) is 0 Å². The number of benzene rings is 1. The van der Waals surface area contributed by atoms with Crippen LogP contribution in [0.2, 0.25) is 0 Å². The van der Waals surface area contributed by atoms with Crippen molar-refractivity contribution in [2.24, 2.45) is 0 Å². The number of carbonyl (C=O) groups is 1. The molecular formula is C18H29N3O3. The van der Waals surface area contributed by atoms with Gasteiger partial charge >= 0.3 is 6.03 Å². The van der Waals surface area contributed by atoms with E-state index in [1.54, 1.807) is 19.1 Å². The van der Waals surface area contributed by atoms with Crippen LogP contribution in [0.5, 0.6) is 5.75 Å². The Labute approximate surface area is 144 Å². The molecule has 6 nitrogen and oxygen atoms in total. The molecule has 0 bridgehead atoms. The van der Waals surface area contributed by atoms with Gasteiger partial charge in [-0.1, -0.05) is 12.1 Å². The van der Waals surface area contributed by atoms with Crippen LogP contribution in [0.3, 0.4) is 0 Å².